The van der Waals surface area contributed by atoms with E-state index in [1.165, 1.54) is 5.56 Å². The molecular weight excluding hydrogens is 228 g/mol. The maximum Gasteiger partial charge on any atom is 0.221 e. The molecule has 1 saturated heterocycles. The van der Waals surface area contributed by atoms with Gasteiger partial charge in [-0.25, -0.2) is 0 Å². The quantitative estimate of drug-likeness (QED) is 0.728. The van der Waals surface area contributed by atoms with Crippen molar-refractivity contribution in [3.05, 3.63) is 35.9 Å². The smallest absolute Gasteiger partial charge is 0.221 e. The molecule has 1 amide bonds. The summed E-state index contributed by atoms with van der Waals surface area (Å²) in [4.78, 5) is 11.4. The van der Waals surface area contributed by atoms with Crippen molar-refractivity contribution in [3.8, 4) is 0 Å². The van der Waals surface area contributed by atoms with Crippen LogP contribution in [0.15, 0.2) is 30.3 Å². The molecule has 1 heterocycles. The highest BCUT2D eigenvalue weighted by Crippen LogP contribution is 2.18. The Morgan fingerprint density at radius 3 is 2.83 bits per heavy atom. The summed E-state index contributed by atoms with van der Waals surface area (Å²) in [6.45, 7) is 2.19. The predicted molar refractivity (Wildman–Crippen MR) is 70.0 cm³/mol. The Morgan fingerprint density at radius 1 is 1.44 bits per heavy atom. The standard InChI is InChI=1S/C14H20N2O2/c1-10(11-5-3-2-4-6-11)15-13-9-14(18)16-12(13)7-8-17/h2-6,10,12-13,15,17H,7-9H2,1H3,(H,16,18). The van der Waals surface area contributed by atoms with Crippen molar-refractivity contribution in [1.29, 1.82) is 0 Å². The van der Waals surface area contributed by atoms with Gasteiger partial charge in [0.25, 0.3) is 0 Å². The van der Waals surface area contributed by atoms with E-state index in [1.807, 2.05) is 18.2 Å². The van der Waals surface area contributed by atoms with Crippen molar-refractivity contribution in [2.45, 2.75) is 37.9 Å². The number of benzene rings is 1. The number of hydrogen-bond donors (Lipinski definition) is 3. The lowest BCUT2D eigenvalue weighted by atomic mass is 10.0. The lowest BCUT2D eigenvalue weighted by Gasteiger charge is -2.24. The van der Waals surface area contributed by atoms with Crippen LogP contribution in [0.3, 0.4) is 0 Å². The van der Waals surface area contributed by atoms with E-state index in [9.17, 15) is 4.79 Å². The second-order valence-electron chi connectivity index (χ2n) is 4.80. The monoisotopic (exact) mass is 248 g/mol. The Morgan fingerprint density at radius 2 is 2.17 bits per heavy atom. The molecule has 1 aromatic carbocycles. The molecule has 98 valence electrons. The van der Waals surface area contributed by atoms with Gasteiger partial charge in [-0.15, -0.1) is 0 Å². The first-order valence-corrected chi connectivity index (χ1v) is 6.42. The first-order chi connectivity index (χ1) is 8.70. The first kappa shape index (κ1) is 13.1. The van der Waals surface area contributed by atoms with Gasteiger partial charge in [0.2, 0.25) is 5.91 Å². The van der Waals surface area contributed by atoms with Crippen LogP contribution in [0, 0.1) is 0 Å². The summed E-state index contributed by atoms with van der Waals surface area (Å²) in [6.07, 6.45) is 1.09. The van der Waals surface area contributed by atoms with E-state index in [-0.39, 0.29) is 30.6 Å². The Kier molecular flexibility index (Phi) is 4.33. The fourth-order valence-corrected chi connectivity index (χ4v) is 2.45. The highest BCUT2D eigenvalue weighted by molar-refractivity contribution is 5.79. The van der Waals surface area contributed by atoms with E-state index in [0.29, 0.717) is 12.8 Å². The van der Waals surface area contributed by atoms with Crippen molar-refractivity contribution >= 4 is 5.91 Å². The molecule has 3 N–H and O–H groups in total. The van der Waals surface area contributed by atoms with Crippen LogP contribution in [-0.2, 0) is 4.79 Å². The average Bonchev–Trinajstić information content (AvgIpc) is 2.71. The fraction of sp³-hybridized carbons (Fsp3) is 0.500. The molecule has 0 saturated carbocycles. The van der Waals surface area contributed by atoms with E-state index in [4.69, 9.17) is 5.11 Å². The summed E-state index contributed by atoms with van der Waals surface area (Å²) in [5, 5.41) is 15.4. The minimum Gasteiger partial charge on any atom is -0.396 e. The number of carbonyl (C=O) groups is 1. The molecule has 3 unspecified atom stereocenters. The number of nitrogens with one attached hydrogen (secondary N) is 2. The van der Waals surface area contributed by atoms with E-state index in [2.05, 4.69) is 29.7 Å². The molecule has 4 heteroatoms. The van der Waals surface area contributed by atoms with Crippen molar-refractivity contribution < 1.29 is 9.90 Å². The molecule has 2 rings (SSSR count). The molecule has 0 aliphatic carbocycles. The van der Waals surface area contributed by atoms with Crippen LogP contribution in [0.5, 0.6) is 0 Å². The zero-order chi connectivity index (χ0) is 13.0. The van der Waals surface area contributed by atoms with E-state index >= 15 is 0 Å². The normalized spacial score (nSPS) is 24.9. The number of aliphatic hydroxyl groups is 1. The molecule has 1 aliphatic rings. The summed E-state index contributed by atoms with van der Waals surface area (Å²) >= 11 is 0. The van der Waals surface area contributed by atoms with Gasteiger partial charge in [-0.1, -0.05) is 30.3 Å². The zero-order valence-corrected chi connectivity index (χ0v) is 10.6. The Bertz CT molecular complexity index is 394. The van der Waals surface area contributed by atoms with Gasteiger partial charge >= 0.3 is 0 Å². The molecular formula is C14H20N2O2. The molecule has 0 spiro atoms. The van der Waals surface area contributed by atoms with E-state index in [1.54, 1.807) is 0 Å². The lowest BCUT2D eigenvalue weighted by Crippen LogP contribution is -2.42. The van der Waals surface area contributed by atoms with Crippen LogP contribution in [0.25, 0.3) is 0 Å². The van der Waals surface area contributed by atoms with Crippen LogP contribution in [0.4, 0.5) is 0 Å². The van der Waals surface area contributed by atoms with Crippen molar-refractivity contribution in [2.24, 2.45) is 0 Å². The van der Waals surface area contributed by atoms with Gasteiger partial charge < -0.3 is 15.7 Å². The molecule has 0 aromatic heterocycles. The Hall–Kier alpha value is -1.39. The first-order valence-electron chi connectivity index (χ1n) is 6.42. The van der Waals surface area contributed by atoms with E-state index < -0.39 is 0 Å². The molecule has 0 bridgehead atoms. The van der Waals surface area contributed by atoms with Gasteiger partial charge in [-0.05, 0) is 18.9 Å². The number of aliphatic hydroxyl groups excluding tert-OH is 1. The molecule has 4 nitrogen and oxygen atoms in total. The minimum atomic E-state index is 0.0358. The van der Waals surface area contributed by atoms with Crippen LogP contribution in [0.1, 0.15) is 31.4 Å². The summed E-state index contributed by atoms with van der Waals surface area (Å²) in [6, 6.07) is 10.5. The fourth-order valence-electron chi connectivity index (χ4n) is 2.45. The molecule has 0 radical (unpaired) electrons. The highest BCUT2D eigenvalue weighted by Gasteiger charge is 2.32. The third kappa shape index (κ3) is 3.09. The van der Waals surface area contributed by atoms with Gasteiger partial charge in [0.1, 0.15) is 0 Å². The van der Waals surface area contributed by atoms with Gasteiger partial charge in [-0.2, -0.15) is 0 Å². The molecule has 3 atom stereocenters. The topological polar surface area (TPSA) is 61.4 Å². The zero-order valence-electron chi connectivity index (χ0n) is 10.6. The largest absolute Gasteiger partial charge is 0.396 e. The Labute approximate surface area is 107 Å². The van der Waals surface area contributed by atoms with Crippen LogP contribution < -0.4 is 10.6 Å². The number of rotatable bonds is 5. The average molecular weight is 248 g/mol. The van der Waals surface area contributed by atoms with Gasteiger partial charge in [0.15, 0.2) is 0 Å². The number of hydrogen-bond acceptors (Lipinski definition) is 3. The van der Waals surface area contributed by atoms with Crippen LogP contribution in [0.2, 0.25) is 0 Å². The summed E-state index contributed by atoms with van der Waals surface area (Å²) in [7, 11) is 0. The minimum absolute atomic E-state index is 0.0358. The van der Waals surface area contributed by atoms with Crippen LogP contribution >= 0.6 is 0 Å². The summed E-state index contributed by atoms with van der Waals surface area (Å²) < 4.78 is 0. The molecule has 1 fully saturated rings. The maximum atomic E-state index is 11.4. The number of carbonyl (C=O) groups excluding carboxylic acids is 1. The van der Waals surface area contributed by atoms with Gasteiger partial charge in [0, 0.05) is 31.2 Å². The molecule has 1 aromatic rings. The lowest BCUT2D eigenvalue weighted by molar-refractivity contribution is -0.119. The summed E-state index contributed by atoms with van der Waals surface area (Å²) in [5.41, 5.74) is 1.21. The second kappa shape index (κ2) is 5.98. The van der Waals surface area contributed by atoms with Gasteiger partial charge in [0.05, 0.1) is 0 Å². The van der Waals surface area contributed by atoms with Crippen molar-refractivity contribution in [2.75, 3.05) is 6.61 Å². The maximum absolute atomic E-state index is 11.4. The third-order valence-electron chi connectivity index (χ3n) is 3.44. The SMILES string of the molecule is CC(NC1CC(=O)NC1CCO)c1ccccc1. The van der Waals surface area contributed by atoms with Gasteiger partial charge in [-0.3, -0.25) is 4.79 Å². The molecule has 18 heavy (non-hydrogen) atoms. The highest BCUT2D eigenvalue weighted by atomic mass is 16.3. The Balaban J connectivity index is 1.97. The third-order valence-corrected chi connectivity index (χ3v) is 3.44. The van der Waals surface area contributed by atoms with Crippen molar-refractivity contribution in [1.82, 2.24) is 10.6 Å². The second-order valence-corrected chi connectivity index (χ2v) is 4.80. The number of amides is 1. The molecule has 1 aliphatic heterocycles. The van der Waals surface area contributed by atoms with Crippen LogP contribution in [-0.4, -0.2) is 29.7 Å². The van der Waals surface area contributed by atoms with E-state index in [0.717, 1.165) is 0 Å². The van der Waals surface area contributed by atoms with Crippen molar-refractivity contribution in [3.63, 3.8) is 0 Å². The summed E-state index contributed by atoms with van der Waals surface area (Å²) in [5.74, 6) is 0.0613. The predicted octanol–water partition coefficient (Wildman–Crippen LogP) is 0.977.